The monoisotopic (exact) mass is 733 g/mol. The summed E-state index contributed by atoms with van der Waals surface area (Å²) in [6.45, 7) is 1.78. The molecular weight excluding hydrogens is 686 g/mol. The number of amides is 3. The predicted octanol–water partition coefficient (Wildman–Crippen LogP) is 4.17. The van der Waals surface area contributed by atoms with E-state index in [2.05, 4.69) is 10.6 Å². The number of carbonyl (C=O) groups is 5. The first-order valence-electron chi connectivity index (χ1n) is 17.3. The van der Waals surface area contributed by atoms with E-state index in [-0.39, 0.29) is 47.9 Å². The Morgan fingerprint density at radius 1 is 0.830 bits per heavy atom. The Morgan fingerprint density at radius 2 is 1.53 bits per heavy atom. The summed E-state index contributed by atoms with van der Waals surface area (Å²) in [6.07, 6.45) is 4.57. The van der Waals surface area contributed by atoms with E-state index >= 15 is 0 Å². The van der Waals surface area contributed by atoms with Crippen molar-refractivity contribution in [1.29, 1.82) is 0 Å². The average molecular weight is 734 g/mol. The molecule has 1 saturated carbocycles. The Labute approximate surface area is 308 Å². The van der Waals surface area contributed by atoms with Crippen molar-refractivity contribution in [2.24, 2.45) is 11.7 Å². The number of esters is 2. The van der Waals surface area contributed by atoms with E-state index in [1.807, 2.05) is 0 Å². The minimum atomic E-state index is -1.34. The van der Waals surface area contributed by atoms with Gasteiger partial charge in [0.25, 0.3) is 5.91 Å². The smallest absolute Gasteiger partial charge is 0.351 e. The van der Waals surface area contributed by atoms with Crippen molar-refractivity contribution in [2.75, 3.05) is 34.7 Å². The number of carbonyl (C=O) groups excluding carboxylic acids is 5. The van der Waals surface area contributed by atoms with Crippen LogP contribution in [0.1, 0.15) is 82.5 Å². The standard InChI is InChI=1S/C39H47N3O11/c1-24(43)42-32(37(45)41-21-27-12-16-34(31(18-27)36(40)44)51-22-26-8-6-5-7-9-26)19-25-10-14-29(15-11-25)53-35(39(47)50-4)30-20-28(38(46)49-3)13-17-33(30)52-23-48-2/h10-18,20,26,32,35H,5-9,19,21-23H2,1-4H3,(H2,40,44)(H,41,45)(H,42,43). The van der Waals surface area contributed by atoms with Crippen LogP contribution in [0.3, 0.4) is 0 Å². The van der Waals surface area contributed by atoms with Crippen LogP contribution in [0.2, 0.25) is 0 Å². The van der Waals surface area contributed by atoms with E-state index < -0.39 is 41.8 Å². The molecule has 0 radical (unpaired) electrons. The summed E-state index contributed by atoms with van der Waals surface area (Å²) in [4.78, 5) is 62.9. The van der Waals surface area contributed by atoms with Gasteiger partial charge in [0.15, 0.2) is 6.79 Å². The number of primary amides is 1. The van der Waals surface area contributed by atoms with Gasteiger partial charge in [-0.25, -0.2) is 9.59 Å². The maximum Gasteiger partial charge on any atom is 0.351 e. The fourth-order valence-electron chi connectivity index (χ4n) is 6.01. The molecule has 3 aromatic rings. The molecule has 0 spiro atoms. The first-order valence-corrected chi connectivity index (χ1v) is 17.3. The van der Waals surface area contributed by atoms with Crippen molar-refractivity contribution < 1.29 is 52.4 Å². The third-order valence-corrected chi connectivity index (χ3v) is 8.75. The molecule has 0 bridgehead atoms. The second-order valence-electron chi connectivity index (χ2n) is 12.6. The molecule has 3 aromatic carbocycles. The van der Waals surface area contributed by atoms with Gasteiger partial charge < -0.3 is 44.8 Å². The molecule has 1 aliphatic carbocycles. The molecule has 14 heteroatoms. The molecular formula is C39H47N3O11. The van der Waals surface area contributed by atoms with Gasteiger partial charge in [-0.2, -0.15) is 0 Å². The maximum absolute atomic E-state index is 13.3. The number of methoxy groups -OCH3 is 3. The molecule has 14 nitrogen and oxygen atoms in total. The number of hydrogen-bond donors (Lipinski definition) is 3. The summed E-state index contributed by atoms with van der Waals surface area (Å²) < 4.78 is 32.5. The molecule has 1 aliphatic rings. The van der Waals surface area contributed by atoms with E-state index in [4.69, 9.17) is 34.2 Å². The minimum absolute atomic E-state index is 0.0764. The van der Waals surface area contributed by atoms with E-state index in [0.29, 0.717) is 29.4 Å². The molecule has 2 atom stereocenters. The van der Waals surface area contributed by atoms with E-state index in [1.165, 1.54) is 65.7 Å². The molecule has 0 heterocycles. The molecule has 0 aliphatic heterocycles. The molecule has 1 fully saturated rings. The van der Waals surface area contributed by atoms with Gasteiger partial charge in [-0.15, -0.1) is 0 Å². The third-order valence-electron chi connectivity index (χ3n) is 8.75. The minimum Gasteiger partial charge on any atom is -0.492 e. The van der Waals surface area contributed by atoms with Crippen LogP contribution in [-0.4, -0.2) is 70.4 Å². The second-order valence-corrected chi connectivity index (χ2v) is 12.6. The highest BCUT2D eigenvalue weighted by Crippen LogP contribution is 2.32. The normalized spacial score (nSPS) is 13.9. The number of benzene rings is 3. The Morgan fingerprint density at radius 3 is 2.17 bits per heavy atom. The predicted molar refractivity (Wildman–Crippen MR) is 192 cm³/mol. The number of hydrogen-bond acceptors (Lipinski definition) is 11. The largest absolute Gasteiger partial charge is 0.492 e. The van der Waals surface area contributed by atoms with Gasteiger partial charge in [0.2, 0.25) is 17.9 Å². The van der Waals surface area contributed by atoms with Gasteiger partial charge in [0, 0.05) is 32.6 Å². The summed E-state index contributed by atoms with van der Waals surface area (Å²) in [6, 6.07) is 15.1. The van der Waals surface area contributed by atoms with E-state index in [1.54, 1.807) is 42.5 Å². The molecule has 0 saturated heterocycles. The van der Waals surface area contributed by atoms with Crippen LogP contribution in [0.25, 0.3) is 0 Å². The number of ether oxygens (including phenoxy) is 6. The van der Waals surface area contributed by atoms with Crippen LogP contribution in [-0.2, 0) is 41.6 Å². The zero-order chi connectivity index (χ0) is 38.3. The molecule has 284 valence electrons. The highest BCUT2D eigenvalue weighted by molar-refractivity contribution is 5.96. The Bertz CT molecular complexity index is 1740. The van der Waals surface area contributed by atoms with Crippen LogP contribution in [0.4, 0.5) is 0 Å². The van der Waals surface area contributed by atoms with E-state index in [9.17, 15) is 24.0 Å². The lowest BCUT2D eigenvalue weighted by atomic mass is 9.90. The highest BCUT2D eigenvalue weighted by Gasteiger charge is 2.29. The van der Waals surface area contributed by atoms with Gasteiger partial charge in [0.05, 0.1) is 32.0 Å². The van der Waals surface area contributed by atoms with Crippen LogP contribution in [0.5, 0.6) is 17.2 Å². The third kappa shape index (κ3) is 11.7. The highest BCUT2D eigenvalue weighted by atomic mass is 16.7. The average Bonchev–Trinajstić information content (AvgIpc) is 3.17. The van der Waals surface area contributed by atoms with Gasteiger partial charge >= 0.3 is 11.9 Å². The van der Waals surface area contributed by atoms with Crippen LogP contribution < -0.4 is 30.6 Å². The van der Waals surface area contributed by atoms with Gasteiger partial charge in [-0.05, 0) is 72.4 Å². The quantitative estimate of drug-likeness (QED) is 0.126. The summed E-state index contributed by atoms with van der Waals surface area (Å²) in [5, 5.41) is 5.51. The molecule has 4 N–H and O–H groups in total. The number of nitrogens with one attached hydrogen (secondary N) is 2. The SMILES string of the molecule is COCOc1ccc(C(=O)OC)cc1C(Oc1ccc(CC(NC(C)=O)C(=O)NCc2ccc(OCC3CCCCC3)c(C(N)=O)c2)cc1)C(=O)OC. The van der Waals surface area contributed by atoms with Crippen LogP contribution in [0, 0.1) is 5.92 Å². The van der Waals surface area contributed by atoms with Crippen molar-refractivity contribution in [3.8, 4) is 17.2 Å². The van der Waals surface area contributed by atoms with Crippen molar-refractivity contribution >= 4 is 29.7 Å². The van der Waals surface area contributed by atoms with Crippen molar-refractivity contribution in [3.05, 3.63) is 88.5 Å². The lowest BCUT2D eigenvalue weighted by Crippen LogP contribution is -2.47. The number of rotatable bonds is 18. The summed E-state index contributed by atoms with van der Waals surface area (Å²) in [5.74, 6) is -1.52. The lowest BCUT2D eigenvalue weighted by molar-refractivity contribution is -0.149. The summed E-state index contributed by atoms with van der Waals surface area (Å²) >= 11 is 0. The fourth-order valence-corrected chi connectivity index (χ4v) is 6.01. The van der Waals surface area contributed by atoms with Crippen molar-refractivity contribution in [2.45, 2.75) is 64.1 Å². The van der Waals surface area contributed by atoms with Gasteiger partial charge in [0.1, 0.15) is 23.3 Å². The van der Waals surface area contributed by atoms with Gasteiger partial charge in [-0.3, -0.25) is 14.4 Å². The Hall–Kier alpha value is -5.63. The maximum atomic E-state index is 13.3. The fraction of sp³-hybridized carbons (Fsp3) is 0.410. The topological polar surface area (TPSA) is 191 Å². The lowest BCUT2D eigenvalue weighted by Gasteiger charge is -2.22. The van der Waals surface area contributed by atoms with Crippen LogP contribution in [0.15, 0.2) is 60.7 Å². The first-order chi connectivity index (χ1) is 25.5. The zero-order valence-corrected chi connectivity index (χ0v) is 30.4. The van der Waals surface area contributed by atoms with Crippen molar-refractivity contribution in [3.63, 3.8) is 0 Å². The number of nitrogens with two attached hydrogens (primary N) is 1. The zero-order valence-electron chi connectivity index (χ0n) is 30.4. The molecule has 2 unspecified atom stereocenters. The molecule has 53 heavy (non-hydrogen) atoms. The Balaban J connectivity index is 1.45. The van der Waals surface area contributed by atoms with Gasteiger partial charge in [-0.1, -0.05) is 37.5 Å². The summed E-state index contributed by atoms with van der Waals surface area (Å²) in [5.41, 5.74) is 7.56. The summed E-state index contributed by atoms with van der Waals surface area (Å²) in [7, 11) is 3.88. The van der Waals surface area contributed by atoms with Crippen LogP contribution >= 0.6 is 0 Å². The molecule has 3 amide bonds. The second kappa shape index (κ2) is 19.8. The Kier molecular flexibility index (Phi) is 15.0. The molecule has 0 aromatic heterocycles. The molecule has 4 rings (SSSR count). The van der Waals surface area contributed by atoms with Crippen molar-refractivity contribution in [1.82, 2.24) is 10.6 Å². The first kappa shape index (κ1) is 40.1. The van der Waals surface area contributed by atoms with E-state index in [0.717, 1.165) is 12.8 Å².